The van der Waals surface area contributed by atoms with Gasteiger partial charge in [0.25, 0.3) is 0 Å². The quantitative estimate of drug-likeness (QED) is 0.653. The van der Waals surface area contributed by atoms with Gasteiger partial charge in [0.15, 0.2) is 6.10 Å². The van der Waals surface area contributed by atoms with Crippen LogP contribution in [-0.4, -0.2) is 59.5 Å². The molecule has 0 aliphatic carbocycles. The number of rotatable bonds is 6. The molecule has 0 bridgehead atoms. The monoisotopic (exact) mass is 272 g/mol. The van der Waals surface area contributed by atoms with Gasteiger partial charge in [-0.1, -0.05) is 0 Å². The number of hydrogen-bond donors (Lipinski definition) is 3. The number of carboxylic acid groups (broad SMARTS) is 1. The Hall–Kier alpha value is -1.51. The Bertz CT molecular complexity index is 296. The molecule has 9 heteroatoms. The maximum atomic E-state index is 11.9. The zero-order valence-electron chi connectivity index (χ0n) is 9.70. The summed E-state index contributed by atoms with van der Waals surface area (Å²) < 4.78 is 35.6. The smallest absolute Gasteiger partial charge is 0.390 e. The van der Waals surface area contributed by atoms with Gasteiger partial charge in [-0.15, -0.1) is 0 Å². The predicted octanol–water partition coefficient (Wildman–Crippen LogP) is 0.416. The maximum absolute atomic E-state index is 11.9. The van der Waals surface area contributed by atoms with Crippen molar-refractivity contribution in [2.24, 2.45) is 0 Å². The highest BCUT2D eigenvalue weighted by Gasteiger charge is 2.28. The molecule has 18 heavy (non-hydrogen) atoms. The van der Waals surface area contributed by atoms with Crippen molar-refractivity contribution in [1.82, 2.24) is 10.2 Å². The molecule has 3 N–H and O–H groups in total. The minimum absolute atomic E-state index is 0.136. The summed E-state index contributed by atoms with van der Waals surface area (Å²) in [6.45, 7) is -0.626. The van der Waals surface area contributed by atoms with Crippen LogP contribution in [0.5, 0.6) is 0 Å². The third-order valence-corrected chi connectivity index (χ3v) is 2.06. The predicted molar refractivity (Wildman–Crippen MR) is 55.0 cm³/mol. The highest BCUT2D eigenvalue weighted by atomic mass is 19.4. The fourth-order valence-corrected chi connectivity index (χ4v) is 0.970. The number of carboxylic acids is 1. The number of aliphatic hydroxyl groups is 1. The van der Waals surface area contributed by atoms with Gasteiger partial charge in [0.05, 0.1) is 6.42 Å². The molecule has 0 rings (SSSR count). The van der Waals surface area contributed by atoms with Gasteiger partial charge in [-0.3, -0.25) is 0 Å². The number of aliphatic carboxylic acids is 1. The number of carbonyl (C=O) groups excluding carboxylic acids is 1. The zero-order valence-corrected chi connectivity index (χ0v) is 9.70. The first-order chi connectivity index (χ1) is 8.13. The highest BCUT2D eigenvalue weighted by Crippen LogP contribution is 2.19. The first-order valence-corrected chi connectivity index (χ1v) is 5.10. The molecule has 0 radical (unpaired) electrons. The van der Waals surface area contributed by atoms with Crippen LogP contribution in [0.2, 0.25) is 0 Å². The number of urea groups is 1. The van der Waals surface area contributed by atoms with E-state index in [1.165, 1.54) is 7.05 Å². The molecule has 0 unspecified atom stereocenters. The lowest BCUT2D eigenvalue weighted by molar-refractivity contribution is -0.146. The number of nitrogens with zero attached hydrogens (tertiary/aromatic N) is 1. The van der Waals surface area contributed by atoms with Crippen LogP contribution in [0.25, 0.3) is 0 Å². The van der Waals surface area contributed by atoms with Crippen molar-refractivity contribution in [2.45, 2.75) is 25.1 Å². The Labute approximate surface area is 101 Å². The van der Waals surface area contributed by atoms with Crippen molar-refractivity contribution in [1.29, 1.82) is 0 Å². The van der Waals surface area contributed by atoms with E-state index in [-0.39, 0.29) is 13.0 Å². The molecule has 106 valence electrons. The molecule has 0 aromatic heterocycles. The Balaban J connectivity index is 3.85. The van der Waals surface area contributed by atoms with E-state index in [0.717, 1.165) is 4.90 Å². The molecule has 0 spiro atoms. The van der Waals surface area contributed by atoms with E-state index in [1.54, 1.807) is 0 Å². The van der Waals surface area contributed by atoms with Crippen molar-refractivity contribution in [2.75, 3.05) is 20.1 Å². The van der Waals surface area contributed by atoms with Crippen molar-refractivity contribution < 1.29 is 33.0 Å². The third-order valence-electron chi connectivity index (χ3n) is 2.06. The summed E-state index contributed by atoms with van der Waals surface area (Å²) in [6.07, 6.45) is -7.28. The molecule has 0 aliphatic rings. The number of halogens is 3. The number of carbonyl (C=O) groups is 2. The van der Waals surface area contributed by atoms with Gasteiger partial charge < -0.3 is 20.4 Å². The van der Waals surface area contributed by atoms with Gasteiger partial charge in [0.1, 0.15) is 0 Å². The summed E-state index contributed by atoms with van der Waals surface area (Å²) in [7, 11) is 1.19. The highest BCUT2D eigenvalue weighted by molar-refractivity contribution is 5.74. The van der Waals surface area contributed by atoms with Crippen LogP contribution in [0.4, 0.5) is 18.0 Å². The molecule has 0 aromatic carbocycles. The van der Waals surface area contributed by atoms with Crippen LogP contribution in [-0.2, 0) is 4.79 Å². The topological polar surface area (TPSA) is 89.9 Å². The van der Waals surface area contributed by atoms with Crippen molar-refractivity contribution in [3.05, 3.63) is 0 Å². The molecule has 1 atom stereocenters. The van der Waals surface area contributed by atoms with Gasteiger partial charge in [-0.2, -0.15) is 13.2 Å². The second-order valence-corrected chi connectivity index (χ2v) is 3.66. The molecular formula is C9H15F3N2O4. The van der Waals surface area contributed by atoms with Crippen LogP contribution >= 0.6 is 0 Å². The molecule has 0 aliphatic heterocycles. The minimum atomic E-state index is -4.34. The molecule has 0 fully saturated rings. The zero-order chi connectivity index (χ0) is 14.3. The number of aliphatic hydroxyl groups excluding tert-OH is 1. The normalized spacial score (nSPS) is 12.9. The first kappa shape index (κ1) is 16.5. The standard InChI is InChI=1S/C9H15F3N2O4/c1-14(5-3-9(10,11)12)8(18)13-4-2-6(15)7(16)17/h6,15H,2-5H2,1H3,(H,13,18)(H,16,17)/t6-/m0/s1. The SMILES string of the molecule is CN(CCC(F)(F)F)C(=O)NCC[C@H](O)C(=O)O. The van der Waals surface area contributed by atoms with Crippen LogP contribution in [0.3, 0.4) is 0 Å². The van der Waals surface area contributed by atoms with Gasteiger partial charge in [0.2, 0.25) is 0 Å². The number of nitrogens with one attached hydrogen (secondary N) is 1. The molecule has 0 saturated carbocycles. The minimum Gasteiger partial charge on any atom is -0.479 e. The number of amides is 2. The number of hydrogen-bond acceptors (Lipinski definition) is 3. The van der Waals surface area contributed by atoms with Gasteiger partial charge in [0, 0.05) is 26.6 Å². The average molecular weight is 272 g/mol. The van der Waals surface area contributed by atoms with E-state index in [1.807, 2.05) is 0 Å². The Morgan fingerprint density at radius 2 is 1.94 bits per heavy atom. The van der Waals surface area contributed by atoms with Gasteiger partial charge in [-0.05, 0) is 0 Å². The van der Waals surface area contributed by atoms with Crippen LogP contribution in [0.15, 0.2) is 0 Å². The summed E-state index contributed by atoms with van der Waals surface area (Å²) in [4.78, 5) is 22.3. The summed E-state index contributed by atoms with van der Waals surface area (Å²) >= 11 is 0. The summed E-state index contributed by atoms with van der Waals surface area (Å²) in [5.74, 6) is -1.42. The second-order valence-electron chi connectivity index (χ2n) is 3.66. The van der Waals surface area contributed by atoms with E-state index in [0.29, 0.717) is 0 Å². The lowest BCUT2D eigenvalue weighted by atomic mass is 10.2. The molecule has 0 aromatic rings. The third kappa shape index (κ3) is 7.71. The van der Waals surface area contributed by atoms with E-state index in [2.05, 4.69) is 5.32 Å². The Morgan fingerprint density at radius 3 is 2.39 bits per heavy atom. The van der Waals surface area contributed by atoms with Crippen molar-refractivity contribution in [3.63, 3.8) is 0 Å². The molecule has 0 saturated heterocycles. The first-order valence-electron chi connectivity index (χ1n) is 5.10. The van der Waals surface area contributed by atoms with E-state index >= 15 is 0 Å². The van der Waals surface area contributed by atoms with E-state index in [4.69, 9.17) is 10.2 Å². The Morgan fingerprint density at radius 1 is 1.39 bits per heavy atom. The van der Waals surface area contributed by atoms with Crippen LogP contribution in [0, 0.1) is 0 Å². The fraction of sp³-hybridized carbons (Fsp3) is 0.778. The molecule has 6 nitrogen and oxygen atoms in total. The molecule has 0 heterocycles. The largest absolute Gasteiger partial charge is 0.479 e. The average Bonchev–Trinajstić information content (AvgIpc) is 2.24. The van der Waals surface area contributed by atoms with Gasteiger partial charge >= 0.3 is 18.2 Å². The molecule has 2 amide bonds. The summed E-state index contributed by atoms with van der Waals surface area (Å²) in [5.41, 5.74) is 0. The summed E-state index contributed by atoms with van der Waals surface area (Å²) in [6, 6.07) is -0.753. The maximum Gasteiger partial charge on any atom is 0.390 e. The lowest BCUT2D eigenvalue weighted by Gasteiger charge is -2.19. The van der Waals surface area contributed by atoms with Crippen LogP contribution < -0.4 is 5.32 Å². The van der Waals surface area contributed by atoms with Gasteiger partial charge in [-0.25, -0.2) is 9.59 Å². The van der Waals surface area contributed by atoms with Crippen molar-refractivity contribution >= 4 is 12.0 Å². The van der Waals surface area contributed by atoms with Crippen molar-refractivity contribution in [3.8, 4) is 0 Å². The fourth-order valence-electron chi connectivity index (χ4n) is 0.970. The summed E-state index contributed by atoms with van der Waals surface area (Å²) in [5, 5.41) is 19.4. The van der Waals surface area contributed by atoms with Crippen LogP contribution in [0.1, 0.15) is 12.8 Å². The second kappa shape index (κ2) is 7.04. The molecular weight excluding hydrogens is 257 g/mol. The van der Waals surface area contributed by atoms with E-state index in [9.17, 15) is 22.8 Å². The number of alkyl halides is 3. The lowest BCUT2D eigenvalue weighted by Crippen LogP contribution is -2.40. The Kier molecular flexibility index (Phi) is 6.45. The van der Waals surface area contributed by atoms with E-state index < -0.39 is 37.2 Å².